The Kier molecular flexibility index (Phi) is 6.22. The highest BCUT2D eigenvalue weighted by atomic mass is 32.1. The van der Waals surface area contributed by atoms with Crippen molar-refractivity contribution in [2.45, 2.75) is 19.6 Å². The van der Waals surface area contributed by atoms with Crippen LogP contribution in [0.15, 0.2) is 71.4 Å². The Bertz CT molecular complexity index is 913. The van der Waals surface area contributed by atoms with Crippen LogP contribution in [-0.2, 0) is 20.9 Å². The second kappa shape index (κ2) is 9.00. The number of carbonyl (C=O) groups excluding carboxylic acids is 2. The predicted molar refractivity (Wildman–Crippen MR) is 105 cm³/mol. The zero-order valence-electron chi connectivity index (χ0n) is 14.8. The molecule has 0 aliphatic heterocycles. The van der Waals surface area contributed by atoms with Gasteiger partial charge in [0.15, 0.2) is 6.10 Å². The maximum atomic E-state index is 12.0. The summed E-state index contributed by atoms with van der Waals surface area (Å²) in [4.78, 5) is 25.9. The molecular weight excluding hydrogens is 362 g/mol. The Morgan fingerprint density at radius 1 is 1.15 bits per heavy atom. The summed E-state index contributed by atoms with van der Waals surface area (Å²) in [7, 11) is 0. The first-order valence-corrected chi connectivity index (χ1v) is 9.27. The van der Waals surface area contributed by atoms with Gasteiger partial charge in [-0.05, 0) is 42.8 Å². The van der Waals surface area contributed by atoms with Crippen LogP contribution >= 0.6 is 11.3 Å². The number of rotatable bonds is 7. The van der Waals surface area contributed by atoms with Gasteiger partial charge in [0.05, 0.1) is 12.8 Å². The molecule has 0 saturated carbocycles. The summed E-state index contributed by atoms with van der Waals surface area (Å²) in [5.41, 5.74) is 1.13. The lowest BCUT2D eigenvalue weighted by atomic mass is 10.2. The Labute approximate surface area is 161 Å². The highest BCUT2D eigenvalue weighted by Gasteiger charge is 2.16. The van der Waals surface area contributed by atoms with Crippen LogP contribution in [0.4, 0.5) is 0 Å². The molecule has 0 saturated heterocycles. The highest BCUT2D eigenvalue weighted by molar-refractivity contribution is 7.16. The Hall–Kier alpha value is -3.12. The van der Waals surface area contributed by atoms with Gasteiger partial charge in [0.25, 0.3) is 5.91 Å². The number of carbonyl (C=O) groups is 2. The number of ether oxygens (including phenoxy) is 1. The number of hydrogen-bond donors (Lipinski definition) is 1. The topological polar surface area (TPSA) is 68.5 Å². The van der Waals surface area contributed by atoms with Gasteiger partial charge in [-0.15, -0.1) is 11.3 Å². The van der Waals surface area contributed by atoms with Crippen molar-refractivity contribution in [2.75, 3.05) is 0 Å². The van der Waals surface area contributed by atoms with Gasteiger partial charge in [0, 0.05) is 15.8 Å². The molecule has 0 unspecified atom stereocenters. The minimum atomic E-state index is -0.889. The van der Waals surface area contributed by atoms with Crippen LogP contribution in [0.1, 0.15) is 17.6 Å². The zero-order chi connectivity index (χ0) is 19.1. The molecule has 2 heterocycles. The van der Waals surface area contributed by atoms with E-state index in [2.05, 4.69) is 5.32 Å². The van der Waals surface area contributed by atoms with Crippen molar-refractivity contribution in [3.8, 4) is 10.4 Å². The fourth-order valence-corrected chi connectivity index (χ4v) is 3.26. The highest BCUT2D eigenvalue weighted by Crippen LogP contribution is 2.28. The van der Waals surface area contributed by atoms with E-state index in [-0.39, 0.29) is 12.5 Å². The van der Waals surface area contributed by atoms with Gasteiger partial charge in [-0.1, -0.05) is 30.3 Å². The first-order valence-electron chi connectivity index (χ1n) is 8.46. The van der Waals surface area contributed by atoms with Crippen molar-refractivity contribution in [3.63, 3.8) is 0 Å². The lowest BCUT2D eigenvalue weighted by Gasteiger charge is -2.11. The monoisotopic (exact) mass is 381 g/mol. The molecule has 27 heavy (non-hydrogen) atoms. The number of thiophene rings is 1. The van der Waals surface area contributed by atoms with Crippen LogP contribution in [0.2, 0.25) is 0 Å². The van der Waals surface area contributed by atoms with Gasteiger partial charge in [0.2, 0.25) is 0 Å². The quantitative estimate of drug-likeness (QED) is 0.490. The van der Waals surface area contributed by atoms with E-state index in [1.165, 1.54) is 19.3 Å². The summed E-state index contributed by atoms with van der Waals surface area (Å²) < 4.78 is 10.3. The first-order chi connectivity index (χ1) is 13.1. The third kappa shape index (κ3) is 5.43. The predicted octanol–water partition coefficient (Wildman–Crippen LogP) is 4.27. The summed E-state index contributed by atoms with van der Waals surface area (Å²) in [6, 6.07) is 17.5. The summed E-state index contributed by atoms with van der Waals surface area (Å²) in [5, 5.41) is 2.65. The molecule has 1 amide bonds. The van der Waals surface area contributed by atoms with Crippen molar-refractivity contribution >= 4 is 29.3 Å². The van der Waals surface area contributed by atoms with Crippen LogP contribution in [0.3, 0.4) is 0 Å². The third-order valence-corrected chi connectivity index (χ3v) is 4.85. The van der Waals surface area contributed by atoms with E-state index in [4.69, 9.17) is 9.15 Å². The molecule has 0 aliphatic carbocycles. The van der Waals surface area contributed by atoms with E-state index >= 15 is 0 Å². The summed E-state index contributed by atoms with van der Waals surface area (Å²) >= 11 is 1.58. The second-order valence-corrected chi connectivity index (χ2v) is 6.89. The first kappa shape index (κ1) is 18.7. The number of furan rings is 1. The zero-order valence-corrected chi connectivity index (χ0v) is 15.6. The fraction of sp³-hybridized carbons (Fsp3) is 0.143. The molecule has 2 aromatic heterocycles. The fourth-order valence-electron chi connectivity index (χ4n) is 2.35. The minimum Gasteiger partial charge on any atom is -0.467 e. The molecule has 0 spiro atoms. The smallest absolute Gasteiger partial charge is 0.331 e. The Balaban J connectivity index is 1.49. The van der Waals surface area contributed by atoms with Gasteiger partial charge in [0.1, 0.15) is 5.76 Å². The number of esters is 1. The molecule has 1 N–H and O–H groups in total. The normalized spacial score (nSPS) is 12.0. The maximum absolute atomic E-state index is 12.0. The van der Waals surface area contributed by atoms with E-state index in [1.807, 2.05) is 42.5 Å². The number of amides is 1. The molecular formula is C21H19NO4S. The van der Waals surface area contributed by atoms with E-state index in [0.717, 1.165) is 15.3 Å². The van der Waals surface area contributed by atoms with Crippen LogP contribution in [0.5, 0.6) is 0 Å². The van der Waals surface area contributed by atoms with Crippen LogP contribution in [0.25, 0.3) is 16.5 Å². The van der Waals surface area contributed by atoms with E-state index < -0.39 is 12.1 Å². The lowest BCUT2D eigenvalue weighted by molar-refractivity contribution is -0.150. The van der Waals surface area contributed by atoms with Crippen LogP contribution in [0, 0.1) is 0 Å². The van der Waals surface area contributed by atoms with Crippen molar-refractivity contribution in [1.29, 1.82) is 0 Å². The molecule has 1 atom stereocenters. The third-order valence-electron chi connectivity index (χ3n) is 3.75. The number of hydrogen-bond acceptors (Lipinski definition) is 5. The van der Waals surface area contributed by atoms with Crippen molar-refractivity contribution in [3.05, 3.63) is 77.6 Å². The average Bonchev–Trinajstić information content (AvgIpc) is 3.37. The molecule has 6 heteroatoms. The van der Waals surface area contributed by atoms with Crippen molar-refractivity contribution in [1.82, 2.24) is 5.32 Å². The van der Waals surface area contributed by atoms with E-state index in [1.54, 1.807) is 29.5 Å². The summed E-state index contributed by atoms with van der Waals surface area (Å²) in [6.07, 6.45) is 3.66. The van der Waals surface area contributed by atoms with Gasteiger partial charge in [-0.3, -0.25) is 4.79 Å². The summed E-state index contributed by atoms with van der Waals surface area (Å²) in [6.45, 7) is 1.78. The van der Waals surface area contributed by atoms with Crippen molar-refractivity contribution < 1.29 is 18.7 Å². The second-order valence-electron chi connectivity index (χ2n) is 5.78. The molecule has 3 rings (SSSR count). The molecule has 3 aromatic rings. The largest absolute Gasteiger partial charge is 0.467 e. The van der Waals surface area contributed by atoms with Crippen molar-refractivity contribution in [2.24, 2.45) is 0 Å². The summed E-state index contributed by atoms with van der Waals surface area (Å²) in [5.74, 6) is -0.311. The number of nitrogens with one attached hydrogen (secondary N) is 1. The van der Waals surface area contributed by atoms with Gasteiger partial charge in [-0.2, -0.15) is 0 Å². The Morgan fingerprint density at radius 2 is 1.96 bits per heavy atom. The molecule has 138 valence electrons. The standard InChI is InChI=1S/C21H19NO4S/c1-15(21(24)22-14-17-8-5-13-25-17)26-20(23)12-10-18-9-11-19(27-18)16-6-3-2-4-7-16/h2-13,15H,14H2,1H3,(H,22,24)/b12-10+/t15-/m0/s1. The SMILES string of the molecule is C[C@H](OC(=O)/C=C/c1ccc(-c2ccccc2)s1)C(=O)NCc1ccco1. The molecule has 0 bridgehead atoms. The molecule has 1 aromatic carbocycles. The lowest BCUT2D eigenvalue weighted by Crippen LogP contribution is -2.35. The van der Waals surface area contributed by atoms with Gasteiger partial charge in [-0.25, -0.2) is 4.79 Å². The van der Waals surface area contributed by atoms with Gasteiger partial charge >= 0.3 is 5.97 Å². The maximum Gasteiger partial charge on any atom is 0.331 e. The minimum absolute atomic E-state index is 0.251. The molecule has 0 aliphatic rings. The van der Waals surface area contributed by atoms with E-state index in [0.29, 0.717) is 5.76 Å². The van der Waals surface area contributed by atoms with Gasteiger partial charge < -0.3 is 14.5 Å². The van der Waals surface area contributed by atoms with Crippen LogP contribution < -0.4 is 5.32 Å². The molecule has 5 nitrogen and oxygen atoms in total. The number of benzene rings is 1. The Morgan fingerprint density at radius 3 is 2.70 bits per heavy atom. The van der Waals surface area contributed by atoms with E-state index in [9.17, 15) is 9.59 Å². The molecule has 0 fully saturated rings. The van der Waals surface area contributed by atoms with Crippen LogP contribution in [-0.4, -0.2) is 18.0 Å². The molecule has 0 radical (unpaired) electrons. The average molecular weight is 381 g/mol.